The Morgan fingerprint density at radius 2 is 2.20 bits per heavy atom. The maximum Gasteiger partial charge on any atom is 0.249 e. The predicted molar refractivity (Wildman–Crippen MR) is 54.0 cm³/mol. The summed E-state index contributed by atoms with van der Waals surface area (Å²) in [4.78, 5) is 21.7. The molecule has 1 fully saturated rings. The van der Waals surface area contributed by atoms with E-state index in [0.29, 0.717) is 17.6 Å². The normalized spacial score (nSPS) is 14.7. The van der Waals surface area contributed by atoms with Gasteiger partial charge in [-0.3, -0.25) is 9.59 Å². The molecule has 0 heterocycles. The van der Waals surface area contributed by atoms with Crippen LogP contribution >= 0.6 is 0 Å². The number of carbonyl (C=O) groups is 2. The fraction of sp³-hybridized carbons (Fsp3) is 0.273. The number of carbonyl (C=O) groups excluding carboxylic acids is 2. The Kier molecular flexibility index (Phi) is 2.41. The van der Waals surface area contributed by atoms with Crippen molar-refractivity contribution in [2.75, 3.05) is 0 Å². The fourth-order valence-corrected chi connectivity index (χ4v) is 1.30. The average molecular weight is 205 g/mol. The van der Waals surface area contributed by atoms with Crippen molar-refractivity contribution in [3.8, 4) is 5.75 Å². The Hall–Kier alpha value is -1.84. The van der Waals surface area contributed by atoms with E-state index in [-0.39, 0.29) is 11.7 Å². The van der Waals surface area contributed by atoms with Crippen LogP contribution in [0.5, 0.6) is 5.75 Å². The van der Waals surface area contributed by atoms with Crippen LogP contribution in [0.1, 0.15) is 33.6 Å². The third kappa shape index (κ3) is 2.15. The summed E-state index contributed by atoms with van der Waals surface area (Å²) in [6.07, 6.45) is 2.96. The minimum absolute atomic E-state index is 0.211. The molecule has 1 saturated carbocycles. The third-order valence-corrected chi connectivity index (χ3v) is 2.24. The first-order valence-corrected chi connectivity index (χ1v) is 4.76. The molecule has 0 saturated heterocycles. The lowest BCUT2D eigenvalue weighted by Gasteiger charge is -2.06. The number of nitrogens with two attached hydrogens (primary N) is 1. The quantitative estimate of drug-likeness (QED) is 0.749. The van der Waals surface area contributed by atoms with Gasteiger partial charge in [-0.2, -0.15) is 0 Å². The van der Waals surface area contributed by atoms with Crippen LogP contribution in [0.15, 0.2) is 18.2 Å². The zero-order valence-electron chi connectivity index (χ0n) is 8.10. The van der Waals surface area contributed by atoms with Crippen LogP contribution < -0.4 is 10.5 Å². The predicted octanol–water partition coefficient (Wildman–Crippen LogP) is 1.14. The minimum Gasteiger partial charge on any atom is -0.490 e. The van der Waals surface area contributed by atoms with Gasteiger partial charge >= 0.3 is 0 Å². The molecular weight excluding hydrogens is 194 g/mol. The van der Waals surface area contributed by atoms with E-state index in [1.165, 1.54) is 6.07 Å². The third-order valence-electron chi connectivity index (χ3n) is 2.24. The number of hydrogen-bond donors (Lipinski definition) is 1. The van der Waals surface area contributed by atoms with E-state index in [4.69, 9.17) is 10.5 Å². The average Bonchev–Trinajstić information content (AvgIpc) is 3.01. The van der Waals surface area contributed by atoms with Gasteiger partial charge in [0.1, 0.15) is 5.75 Å². The van der Waals surface area contributed by atoms with Crippen LogP contribution in [-0.2, 0) is 0 Å². The van der Waals surface area contributed by atoms with Gasteiger partial charge < -0.3 is 10.5 Å². The van der Waals surface area contributed by atoms with Gasteiger partial charge in [-0.25, -0.2) is 0 Å². The second-order valence-electron chi connectivity index (χ2n) is 3.55. The smallest absolute Gasteiger partial charge is 0.249 e. The molecule has 78 valence electrons. The van der Waals surface area contributed by atoms with Crippen molar-refractivity contribution in [2.24, 2.45) is 5.73 Å². The molecule has 4 nitrogen and oxygen atoms in total. The van der Waals surface area contributed by atoms with Crippen LogP contribution in [0, 0.1) is 0 Å². The van der Waals surface area contributed by atoms with Gasteiger partial charge in [0.15, 0.2) is 6.29 Å². The Morgan fingerprint density at radius 3 is 2.73 bits per heavy atom. The number of rotatable bonds is 4. The largest absolute Gasteiger partial charge is 0.490 e. The number of primary amides is 1. The summed E-state index contributed by atoms with van der Waals surface area (Å²) in [5, 5.41) is 0. The van der Waals surface area contributed by atoms with E-state index in [1.807, 2.05) is 0 Å². The van der Waals surface area contributed by atoms with Crippen molar-refractivity contribution in [1.29, 1.82) is 0 Å². The fourth-order valence-electron chi connectivity index (χ4n) is 1.30. The topological polar surface area (TPSA) is 69.4 Å². The lowest BCUT2D eigenvalue weighted by molar-refractivity contribution is 0.0992. The van der Waals surface area contributed by atoms with Crippen molar-refractivity contribution in [2.45, 2.75) is 18.9 Å². The molecule has 15 heavy (non-hydrogen) atoms. The Morgan fingerprint density at radius 1 is 1.47 bits per heavy atom. The molecule has 0 aliphatic heterocycles. The highest BCUT2D eigenvalue weighted by atomic mass is 16.5. The van der Waals surface area contributed by atoms with Gasteiger partial charge in [0.05, 0.1) is 11.7 Å². The lowest BCUT2D eigenvalue weighted by atomic mass is 10.1. The molecule has 0 unspecified atom stereocenters. The number of hydrogen-bond acceptors (Lipinski definition) is 3. The number of amides is 1. The molecular formula is C11H11NO3. The van der Waals surface area contributed by atoms with E-state index in [1.54, 1.807) is 12.1 Å². The molecule has 1 amide bonds. The van der Waals surface area contributed by atoms with E-state index in [2.05, 4.69) is 0 Å². The molecule has 1 aromatic carbocycles. The van der Waals surface area contributed by atoms with E-state index >= 15 is 0 Å². The summed E-state index contributed by atoms with van der Waals surface area (Å²) in [5.41, 5.74) is 5.66. The molecule has 1 aromatic rings. The van der Waals surface area contributed by atoms with Gasteiger partial charge in [0.2, 0.25) is 5.91 Å². The van der Waals surface area contributed by atoms with Crippen molar-refractivity contribution in [3.63, 3.8) is 0 Å². The Labute approximate surface area is 87.0 Å². The molecule has 0 radical (unpaired) electrons. The molecule has 0 bridgehead atoms. The molecule has 0 aromatic heterocycles. The highest BCUT2D eigenvalue weighted by molar-refractivity contribution is 6.00. The maximum absolute atomic E-state index is 11.0. The summed E-state index contributed by atoms with van der Waals surface area (Å²) in [7, 11) is 0. The van der Waals surface area contributed by atoms with E-state index in [9.17, 15) is 9.59 Å². The second-order valence-corrected chi connectivity index (χ2v) is 3.55. The first-order valence-electron chi connectivity index (χ1n) is 4.76. The van der Waals surface area contributed by atoms with Gasteiger partial charge in [-0.1, -0.05) is 0 Å². The summed E-state index contributed by atoms with van der Waals surface area (Å²) < 4.78 is 5.49. The van der Waals surface area contributed by atoms with Gasteiger partial charge in [0.25, 0.3) is 0 Å². The minimum atomic E-state index is -0.613. The lowest BCUT2D eigenvalue weighted by Crippen LogP contribution is -2.14. The first kappa shape index (κ1) is 9.71. The molecule has 1 aliphatic carbocycles. The summed E-state index contributed by atoms with van der Waals surface area (Å²) in [5.74, 6) is -0.0183. The van der Waals surface area contributed by atoms with Crippen LogP contribution in [0.4, 0.5) is 0 Å². The molecule has 4 heteroatoms. The van der Waals surface area contributed by atoms with Crippen LogP contribution in [0.25, 0.3) is 0 Å². The monoisotopic (exact) mass is 205 g/mol. The molecule has 2 rings (SSSR count). The van der Waals surface area contributed by atoms with Crippen molar-refractivity contribution in [1.82, 2.24) is 0 Å². The first-order chi connectivity index (χ1) is 7.20. The molecule has 2 N–H and O–H groups in total. The molecule has 0 spiro atoms. The zero-order valence-corrected chi connectivity index (χ0v) is 8.10. The van der Waals surface area contributed by atoms with E-state index in [0.717, 1.165) is 12.8 Å². The van der Waals surface area contributed by atoms with Gasteiger partial charge in [0, 0.05) is 5.56 Å². The van der Waals surface area contributed by atoms with Gasteiger partial charge in [-0.05, 0) is 31.0 Å². The SMILES string of the molecule is NC(=O)c1cc(OC2CC2)ccc1C=O. The number of ether oxygens (including phenoxy) is 1. The summed E-state index contributed by atoms with van der Waals surface area (Å²) in [6, 6.07) is 4.74. The van der Waals surface area contributed by atoms with Gasteiger partial charge in [-0.15, -0.1) is 0 Å². The van der Waals surface area contributed by atoms with Crippen molar-refractivity contribution >= 4 is 12.2 Å². The Bertz CT molecular complexity index is 410. The number of benzene rings is 1. The zero-order chi connectivity index (χ0) is 10.8. The maximum atomic E-state index is 11.0. The molecule has 1 aliphatic rings. The standard InChI is InChI=1S/C11H11NO3/c12-11(14)10-5-9(15-8-3-4-8)2-1-7(10)6-13/h1-2,5-6,8H,3-4H2,(H2,12,14). The summed E-state index contributed by atoms with van der Waals surface area (Å²) in [6.45, 7) is 0. The highest BCUT2D eigenvalue weighted by Gasteiger charge is 2.23. The van der Waals surface area contributed by atoms with Crippen LogP contribution in [-0.4, -0.2) is 18.3 Å². The molecule has 0 atom stereocenters. The summed E-state index contributed by atoms with van der Waals surface area (Å²) >= 11 is 0. The van der Waals surface area contributed by atoms with Crippen LogP contribution in [0.2, 0.25) is 0 Å². The van der Waals surface area contributed by atoms with E-state index < -0.39 is 5.91 Å². The number of aldehydes is 1. The second kappa shape index (κ2) is 3.73. The highest BCUT2D eigenvalue weighted by Crippen LogP contribution is 2.27. The Balaban J connectivity index is 2.30. The van der Waals surface area contributed by atoms with Crippen molar-refractivity contribution in [3.05, 3.63) is 29.3 Å². The van der Waals surface area contributed by atoms with Crippen LogP contribution in [0.3, 0.4) is 0 Å². The van der Waals surface area contributed by atoms with Crippen molar-refractivity contribution < 1.29 is 14.3 Å².